The molecule has 2 aliphatic rings. The fourth-order valence-corrected chi connectivity index (χ4v) is 12.2. The van der Waals surface area contributed by atoms with Gasteiger partial charge >= 0.3 is 0 Å². The Morgan fingerprint density at radius 3 is 1.03 bits per heavy atom. The largest absolute Gasteiger partial charge is 0.411 e. The molecule has 12 nitrogen and oxygen atoms in total. The number of aromatic nitrogens is 2. The quantitative estimate of drug-likeness (QED) is 0.114. The van der Waals surface area contributed by atoms with Crippen LogP contribution in [0.2, 0.25) is 72.5 Å². The highest BCUT2D eigenvalue weighted by Gasteiger charge is 2.49. The predicted octanol–water partition coefficient (Wildman–Crippen LogP) is 14.4. The number of hydrogen-bond donors (Lipinski definition) is 0. The summed E-state index contributed by atoms with van der Waals surface area (Å²) in [5, 5.41) is 23.6. The van der Waals surface area contributed by atoms with Crippen molar-refractivity contribution in [3.63, 3.8) is 0 Å². The summed E-state index contributed by atoms with van der Waals surface area (Å²) >= 11 is 0. The van der Waals surface area contributed by atoms with Crippen LogP contribution in [0.1, 0.15) is 121 Å². The lowest BCUT2D eigenvalue weighted by molar-refractivity contribution is -0.385. The highest BCUT2D eigenvalue weighted by molar-refractivity contribution is 6.75. The fourth-order valence-electron chi connectivity index (χ4n) is 6.94. The second-order valence-corrected chi connectivity index (χ2v) is 43.4. The van der Waals surface area contributed by atoms with Crippen molar-refractivity contribution in [1.29, 1.82) is 0 Å². The van der Waals surface area contributed by atoms with Gasteiger partial charge in [0, 0.05) is 12.4 Å². The third-order valence-corrected chi connectivity index (χ3v) is 33.1. The SMILES string of the molecule is C[C@H]1CC(c2ccncc2[N+](=O)[O-])=C[C@@H](O[Si](C)(C)C(C)(C)C)[C@@H]1O[Si](C)(C)C(C)(C)C.C[C@H]1CC(c2ccncc2[N+](=O)[O-])=C[C@H](O[Si](C)(C)C(C)(C)C)[C@@H]1O[Si](C)(C)C(C)(C)C. The van der Waals surface area contributed by atoms with Gasteiger partial charge in [-0.3, -0.25) is 30.2 Å². The van der Waals surface area contributed by atoms with Crippen LogP contribution in [0.3, 0.4) is 0 Å². The van der Waals surface area contributed by atoms with E-state index in [1.54, 1.807) is 24.5 Å². The molecule has 0 amide bonds. The Kier molecular flexibility index (Phi) is 17.3. The van der Waals surface area contributed by atoms with Gasteiger partial charge in [-0.1, -0.05) is 109 Å². The van der Waals surface area contributed by atoms with Crippen molar-refractivity contribution >= 4 is 55.8 Å². The smallest absolute Gasteiger partial charge is 0.294 e. The Labute approximate surface area is 390 Å². The van der Waals surface area contributed by atoms with E-state index in [0.29, 0.717) is 24.0 Å². The monoisotopic (exact) mass is 957 g/mol. The van der Waals surface area contributed by atoms with Gasteiger partial charge in [0.25, 0.3) is 11.4 Å². The van der Waals surface area contributed by atoms with E-state index < -0.39 is 33.3 Å². The van der Waals surface area contributed by atoms with Gasteiger partial charge in [0.15, 0.2) is 33.3 Å². The molecule has 0 aliphatic heterocycles. The molecule has 0 spiro atoms. The Morgan fingerprint density at radius 1 is 0.516 bits per heavy atom. The maximum Gasteiger partial charge on any atom is 0.294 e. The fraction of sp³-hybridized carbons (Fsp3) is 0.708. The van der Waals surface area contributed by atoms with E-state index >= 15 is 0 Å². The number of pyridine rings is 2. The van der Waals surface area contributed by atoms with Gasteiger partial charge < -0.3 is 17.7 Å². The molecule has 360 valence electrons. The Bertz CT molecular complexity index is 1880. The van der Waals surface area contributed by atoms with Crippen LogP contribution < -0.4 is 0 Å². The molecule has 2 aromatic rings. The summed E-state index contributed by atoms with van der Waals surface area (Å²) in [6.07, 6.45) is 10.9. The third-order valence-electron chi connectivity index (χ3n) is 15.2. The van der Waals surface area contributed by atoms with Gasteiger partial charge in [-0.25, -0.2) is 0 Å². The Balaban J connectivity index is 0.000000340. The Hall–Kier alpha value is -2.71. The molecule has 0 unspecified atom stereocenters. The lowest BCUT2D eigenvalue weighted by atomic mass is 9.83. The molecule has 2 aromatic heterocycles. The Morgan fingerprint density at radius 2 is 0.781 bits per heavy atom. The van der Waals surface area contributed by atoms with E-state index in [2.05, 4.69) is 171 Å². The van der Waals surface area contributed by atoms with Crippen molar-refractivity contribution in [3.8, 4) is 0 Å². The van der Waals surface area contributed by atoms with Crippen molar-refractivity contribution in [2.24, 2.45) is 11.8 Å². The van der Waals surface area contributed by atoms with E-state index in [-0.39, 0.29) is 77.6 Å². The van der Waals surface area contributed by atoms with Crippen LogP contribution in [0, 0.1) is 32.1 Å². The maximum atomic E-state index is 11.6. The molecular weight excluding hydrogens is 873 g/mol. The molecule has 64 heavy (non-hydrogen) atoms. The van der Waals surface area contributed by atoms with Crippen LogP contribution >= 0.6 is 0 Å². The molecule has 0 radical (unpaired) electrons. The number of hydrogen-bond acceptors (Lipinski definition) is 10. The molecule has 2 aliphatic carbocycles. The minimum Gasteiger partial charge on any atom is -0.411 e. The molecule has 2 heterocycles. The van der Waals surface area contributed by atoms with E-state index in [1.807, 2.05) is 0 Å². The zero-order chi connectivity index (χ0) is 49.4. The van der Waals surface area contributed by atoms with Crippen LogP contribution in [0.15, 0.2) is 49.1 Å². The highest BCUT2D eigenvalue weighted by Crippen LogP contribution is 2.47. The molecule has 6 atom stereocenters. The minimum absolute atomic E-state index is 0.0424. The van der Waals surface area contributed by atoms with Crippen LogP contribution in [0.25, 0.3) is 11.1 Å². The molecule has 0 saturated heterocycles. The van der Waals surface area contributed by atoms with Crippen LogP contribution in [-0.4, -0.2) is 77.5 Å². The van der Waals surface area contributed by atoms with Gasteiger partial charge in [0.2, 0.25) is 0 Å². The summed E-state index contributed by atoms with van der Waals surface area (Å²) in [6, 6.07) is 3.49. The molecule has 0 N–H and O–H groups in total. The van der Waals surface area contributed by atoms with Crippen molar-refractivity contribution in [2.75, 3.05) is 0 Å². The van der Waals surface area contributed by atoms with Crippen LogP contribution in [0.5, 0.6) is 0 Å². The van der Waals surface area contributed by atoms with Crippen molar-refractivity contribution in [2.45, 2.75) is 207 Å². The lowest BCUT2D eigenvalue weighted by Crippen LogP contribution is -2.54. The predicted molar refractivity (Wildman–Crippen MR) is 274 cm³/mol. The second-order valence-electron chi connectivity index (χ2n) is 24.4. The normalized spacial score (nSPS) is 23.1. The average Bonchev–Trinajstić information content (AvgIpc) is 3.12. The zero-order valence-electron chi connectivity index (χ0n) is 43.6. The third kappa shape index (κ3) is 13.3. The summed E-state index contributed by atoms with van der Waals surface area (Å²) in [7, 11) is -8.29. The molecular formula is C48H84N4O8Si4. The molecule has 0 saturated carbocycles. The highest BCUT2D eigenvalue weighted by atomic mass is 28.4. The average molecular weight is 958 g/mol. The molecule has 16 heteroatoms. The first-order valence-electron chi connectivity index (χ1n) is 23.0. The summed E-state index contributed by atoms with van der Waals surface area (Å²) in [5.74, 6) is 0.346. The summed E-state index contributed by atoms with van der Waals surface area (Å²) in [4.78, 5) is 30.5. The molecule has 0 bridgehead atoms. The number of nitrogens with zero attached hydrogens (tertiary/aromatic N) is 4. The zero-order valence-corrected chi connectivity index (χ0v) is 47.6. The number of nitro groups is 2. The maximum absolute atomic E-state index is 11.6. The van der Waals surface area contributed by atoms with Crippen molar-refractivity contribution in [3.05, 3.63) is 80.4 Å². The molecule has 0 aromatic carbocycles. The minimum atomic E-state index is -2.11. The van der Waals surface area contributed by atoms with Gasteiger partial charge in [-0.15, -0.1) is 0 Å². The number of rotatable bonds is 12. The lowest BCUT2D eigenvalue weighted by Gasteiger charge is -2.47. The standard InChI is InChI=1S/2C24H42N2O4Si2/c2*1-17-14-18(19-12-13-25-16-20(19)26(27)28)15-21(29-31(8,9)23(2,3)4)22(17)30-32(10,11)24(5,6)7/h2*12-13,15-17,21-22H,14H2,1-11H3/t17-,21+,22+;17-,21-,22+/m00/s1. The molecule has 0 fully saturated rings. The van der Waals surface area contributed by atoms with Crippen LogP contribution in [-0.2, 0) is 17.7 Å². The van der Waals surface area contributed by atoms with Gasteiger partial charge in [0.05, 0.1) is 45.4 Å². The van der Waals surface area contributed by atoms with Crippen molar-refractivity contribution < 1.29 is 27.6 Å². The van der Waals surface area contributed by atoms with E-state index in [1.165, 1.54) is 12.4 Å². The molecule has 4 rings (SSSR count). The van der Waals surface area contributed by atoms with Gasteiger partial charge in [0.1, 0.15) is 12.4 Å². The first kappa shape index (κ1) is 55.6. The van der Waals surface area contributed by atoms with E-state index in [9.17, 15) is 20.2 Å². The summed E-state index contributed by atoms with van der Waals surface area (Å²) in [5.41, 5.74) is 3.25. The van der Waals surface area contributed by atoms with Gasteiger partial charge in [-0.05, 0) is 120 Å². The first-order chi connectivity index (χ1) is 28.7. The van der Waals surface area contributed by atoms with Gasteiger partial charge in [-0.2, -0.15) is 0 Å². The topological polar surface area (TPSA) is 149 Å². The second kappa shape index (κ2) is 19.9. The summed E-state index contributed by atoms with van der Waals surface area (Å²) < 4.78 is 27.7. The van der Waals surface area contributed by atoms with E-state index in [0.717, 1.165) is 11.1 Å². The van der Waals surface area contributed by atoms with Crippen LogP contribution in [0.4, 0.5) is 11.4 Å². The first-order valence-corrected chi connectivity index (χ1v) is 34.7. The summed E-state index contributed by atoms with van der Waals surface area (Å²) in [6.45, 7) is 49.3. The van der Waals surface area contributed by atoms with E-state index in [4.69, 9.17) is 17.7 Å². The van der Waals surface area contributed by atoms with Crippen molar-refractivity contribution in [1.82, 2.24) is 9.97 Å². The number of allylic oxidation sites excluding steroid dienone is 2.